The lowest BCUT2D eigenvalue weighted by atomic mass is 9.98. The highest BCUT2D eigenvalue weighted by atomic mass is 16.5. The molecule has 37 heavy (non-hydrogen) atoms. The van der Waals surface area contributed by atoms with Crippen LogP contribution in [0.25, 0.3) is 11.1 Å². The molecular weight excluding hydrogens is 474 g/mol. The van der Waals surface area contributed by atoms with E-state index in [0.29, 0.717) is 0 Å². The number of rotatable bonds is 10. The Hall–Kier alpha value is -4.66. The molecule has 3 aromatic rings. The molecule has 3 aromatic carbocycles. The number of carboxylic acid groups (broad SMARTS) is 1. The quantitative estimate of drug-likeness (QED) is 0.336. The lowest BCUT2D eigenvalue weighted by Crippen LogP contribution is -2.54. The number of benzene rings is 3. The van der Waals surface area contributed by atoms with Crippen LogP contribution in [0.15, 0.2) is 78.9 Å². The fourth-order valence-corrected chi connectivity index (χ4v) is 4.51. The van der Waals surface area contributed by atoms with Gasteiger partial charge in [-0.1, -0.05) is 78.9 Å². The summed E-state index contributed by atoms with van der Waals surface area (Å²) in [5, 5.41) is 14.1. The van der Waals surface area contributed by atoms with Gasteiger partial charge in [0.2, 0.25) is 11.8 Å². The van der Waals surface area contributed by atoms with Gasteiger partial charge in [0.1, 0.15) is 18.7 Å². The third-order valence-electron chi connectivity index (χ3n) is 6.27. The Kier molecular flexibility index (Phi) is 7.83. The minimum absolute atomic E-state index is 0.000805. The number of carbonyl (C=O) groups excluding carboxylic acids is 3. The van der Waals surface area contributed by atoms with Gasteiger partial charge in [0.05, 0.1) is 6.42 Å². The molecule has 9 heteroatoms. The van der Waals surface area contributed by atoms with Gasteiger partial charge in [-0.3, -0.25) is 14.4 Å². The molecule has 0 radical (unpaired) electrons. The van der Waals surface area contributed by atoms with Crippen LogP contribution >= 0.6 is 0 Å². The van der Waals surface area contributed by atoms with Gasteiger partial charge in [-0.2, -0.15) is 0 Å². The van der Waals surface area contributed by atoms with E-state index in [4.69, 9.17) is 10.5 Å². The summed E-state index contributed by atoms with van der Waals surface area (Å²) in [6, 6.07) is 22.0. The molecule has 0 unspecified atom stereocenters. The second-order valence-corrected chi connectivity index (χ2v) is 8.77. The van der Waals surface area contributed by atoms with E-state index in [1.165, 1.54) is 0 Å². The van der Waals surface area contributed by atoms with Crippen molar-refractivity contribution in [2.45, 2.75) is 30.8 Å². The summed E-state index contributed by atoms with van der Waals surface area (Å²) < 4.78 is 5.44. The molecule has 1 aliphatic rings. The topological polar surface area (TPSA) is 148 Å². The Labute approximate surface area is 213 Å². The van der Waals surface area contributed by atoms with Gasteiger partial charge in [-0.05, 0) is 27.8 Å². The zero-order chi connectivity index (χ0) is 26.4. The normalized spacial score (nSPS) is 13.5. The number of fused-ring (bicyclic) bond motifs is 3. The van der Waals surface area contributed by atoms with Crippen LogP contribution < -0.4 is 16.4 Å². The van der Waals surface area contributed by atoms with Gasteiger partial charge in [0.15, 0.2) is 0 Å². The lowest BCUT2D eigenvalue weighted by molar-refractivity contribution is -0.140. The van der Waals surface area contributed by atoms with Crippen molar-refractivity contribution >= 4 is 23.9 Å². The summed E-state index contributed by atoms with van der Waals surface area (Å²) >= 11 is 0. The van der Waals surface area contributed by atoms with Gasteiger partial charge in [-0.15, -0.1) is 0 Å². The molecule has 3 amide bonds. The first-order valence-electron chi connectivity index (χ1n) is 11.8. The molecule has 190 valence electrons. The third-order valence-corrected chi connectivity index (χ3v) is 6.27. The molecule has 9 nitrogen and oxygen atoms in total. The summed E-state index contributed by atoms with van der Waals surface area (Å²) in [6.45, 7) is -0.000805. The smallest absolute Gasteiger partial charge is 0.407 e. The third kappa shape index (κ3) is 6.13. The first kappa shape index (κ1) is 25.4. The molecule has 0 bridgehead atoms. The maximum Gasteiger partial charge on any atom is 0.407 e. The second-order valence-electron chi connectivity index (χ2n) is 8.77. The minimum Gasteiger partial charge on any atom is -0.481 e. The van der Waals surface area contributed by atoms with Crippen molar-refractivity contribution in [1.82, 2.24) is 10.6 Å². The van der Waals surface area contributed by atoms with Crippen LogP contribution in [0.2, 0.25) is 0 Å². The molecule has 0 heterocycles. The number of primary amides is 1. The van der Waals surface area contributed by atoms with E-state index < -0.39 is 42.4 Å². The Bertz CT molecular complexity index is 1260. The number of ether oxygens (including phenoxy) is 1. The maximum absolute atomic E-state index is 12.9. The predicted molar refractivity (Wildman–Crippen MR) is 136 cm³/mol. The van der Waals surface area contributed by atoms with Crippen LogP contribution in [0.4, 0.5) is 4.79 Å². The number of hydrogen-bond donors (Lipinski definition) is 4. The highest BCUT2D eigenvalue weighted by Crippen LogP contribution is 2.44. The van der Waals surface area contributed by atoms with Crippen LogP contribution in [0.1, 0.15) is 29.0 Å². The van der Waals surface area contributed by atoms with Crippen molar-refractivity contribution in [3.05, 3.63) is 95.6 Å². The molecule has 0 saturated heterocycles. The maximum atomic E-state index is 12.9. The Morgan fingerprint density at radius 1 is 0.811 bits per heavy atom. The Balaban J connectivity index is 1.41. The largest absolute Gasteiger partial charge is 0.481 e. The number of aliphatic carboxylic acids is 1. The second kappa shape index (κ2) is 11.4. The summed E-state index contributed by atoms with van der Waals surface area (Å²) in [5.41, 5.74) is 10.4. The number of nitrogens with two attached hydrogens (primary N) is 1. The average Bonchev–Trinajstić information content (AvgIpc) is 3.20. The van der Waals surface area contributed by atoms with Crippen molar-refractivity contribution in [3.63, 3.8) is 0 Å². The summed E-state index contributed by atoms with van der Waals surface area (Å²) in [7, 11) is 0. The molecule has 2 atom stereocenters. The van der Waals surface area contributed by atoms with E-state index in [-0.39, 0.29) is 18.9 Å². The molecule has 5 N–H and O–H groups in total. The van der Waals surface area contributed by atoms with Crippen molar-refractivity contribution in [3.8, 4) is 11.1 Å². The molecular formula is C28H27N3O6. The Morgan fingerprint density at radius 3 is 1.95 bits per heavy atom. The Morgan fingerprint density at radius 2 is 1.38 bits per heavy atom. The summed E-state index contributed by atoms with van der Waals surface area (Å²) in [5.74, 6) is -3.14. The van der Waals surface area contributed by atoms with E-state index in [1.54, 1.807) is 24.3 Å². The van der Waals surface area contributed by atoms with Gasteiger partial charge < -0.3 is 26.2 Å². The van der Waals surface area contributed by atoms with Gasteiger partial charge >= 0.3 is 12.1 Å². The molecule has 0 saturated carbocycles. The lowest BCUT2D eigenvalue weighted by Gasteiger charge is -2.21. The van der Waals surface area contributed by atoms with Gasteiger partial charge in [0, 0.05) is 12.3 Å². The van der Waals surface area contributed by atoms with E-state index in [2.05, 4.69) is 10.6 Å². The highest BCUT2D eigenvalue weighted by Gasteiger charge is 2.31. The number of alkyl carbamates (subject to hydrolysis) is 1. The van der Waals surface area contributed by atoms with Crippen LogP contribution in [-0.4, -0.2) is 47.7 Å². The zero-order valence-electron chi connectivity index (χ0n) is 19.9. The zero-order valence-corrected chi connectivity index (χ0v) is 19.9. The van der Waals surface area contributed by atoms with Crippen molar-refractivity contribution in [2.75, 3.05) is 6.61 Å². The van der Waals surface area contributed by atoms with Gasteiger partial charge in [-0.25, -0.2) is 4.79 Å². The monoisotopic (exact) mass is 501 g/mol. The van der Waals surface area contributed by atoms with Crippen molar-refractivity contribution < 1.29 is 29.0 Å². The van der Waals surface area contributed by atoms with E-state index >= 15 is 0 Å². The molecule has 4 rings (SSSR count). The average molecular weight is 502 g/mol. The molecule has 0 fully saturated rings. The molecule has 0 aromatic heterocycles. The van der Waals surface area contributed by atoms with Crippen LogP contribution in [0.5, 0.6) is 0 Å². The highest BCUT2D eigenvalue weighted by molar-refractivity contribution is 5.93. The summed E-state index contributed by atoms with van der Waals surface area (Å²) in [6.07, 6.45) is -1.53. The fraction of sp³-hybridized carbons (Fsp3) is 0.214. The number of hydrogen-bond acceptors (Lipinski definition) is 5. The first-order chi connectivity index (χ1) is 17.8. The van der Waals surface area contributed by atoms with Crippen LogP contribution in [0, 0.1) is 0 Å². The van der Waals surface area contributed by atoms with Crippen molar-refractivity contribution in [2.24, 2.45) is 5.73 Å². The van der Waals surface area contributed by atoms with Crippen LogP contribution in [0.3, 0.4) is 0 Å². The van der Waals surface area contributed by atoms with E-state index in [0.717, 1.165) is 27.8 Å². The molecule has 0 spiro atoms. The number of amides is 3. The number of carboxylic acids is 1. The molecule has 0 aliphatic heterocycles. The van der Waals surface area contributed by atoms with Gasteiger partial charge in [0.25, 0.3) is 0 Å². The fourth-order valence-electron chi connectivity index (χ4n) is 4.51. The van der Waals surface area contributed by atoms with Crippen molar-refractivity contribution in [1.29, 1.82) is 0 Å². The minimum atomic E-state index is -1.47. The number of nitrogens with one attached hydrogen (secondary N) is 2. The SMILES string of the molecule is NC(=O)[C@H](Cc1ccccc1)NC(=O)[C@H](CC(=O)O)NC(=O)OCC1c2ccccc2-c2ccccc21. The summed E-state index contributed by atoms with van der Waals surface area (Å²) in [4.78, 5) is 48.8. The first-order valence-corrected chi connectivity index (χ1v) is 11.8. The molecule has 1 aliphatic carbocycles. The standard InChI is InChI=1S/C28H27N3O6/c29-26(34)23(14-17-8-2-1-3-9-17)30-27(35)24(15-25(32)33)31-28(36)37-16-22-20-12-6-4-10-18(20)19-11-5-7-13-21(19)22/h1-13,22-24H,14-16H2,(H2,29,34)(H,30,35)(H,31,36)(H,32,33)/t23-,24-/m0/s1. The van der Waals surface area contributed by atoms with Crippen LogP contribution in [-0.2, 0) is 25.5 Å². The van der Waals surface area contributed by atoms with E-state index in [9.17, 15) is 24.3 Å². The predicted octanol–water partition coefficient (Wildman–Crippen LogP) is 2.58. The van der Waals surface area contributed by atoms with E-state index in [1.807, 2.05) is 54.6 Å². The number of carbonyl (C=O) groups is 4.